The first-order valence-electron chi connectivity index (χ1n) is 4.44. The molecule has 1 rings (SSSR count). The van der Waals surface area contributed by atoms with Gasteiger partial charge in [-0.05, 0) is 24.1 Å². The molecule has 0 atom stereocenters. The van der Waals surface area contributed by atoms with Crippen molar-refractivity contribution in [3.63, 3.8) is 0 Å². The standard InChI is InChI=1S/C10H15NO2/c1-2-11(13)7-6-9-4-3-5-10(12)8-9/h3-5,8,12-13H,2,6-7H2,1H3. The quantitative estimate of drug-likeness (QED) is 0.694. The largest absolute Gasteiger partial charge is 0.508 e. The van der Waals surface area contributed by atoms with Crippen LogP contribution in [0.4, 0.5) is 0 Å². The lowest BCUT2D eigenvalue weighted by Gasteiger charge is -2.11. The number of hydroxylamine groups is 2. The molecule has 0 aliphatic heterocycles. The fraction of sp³-hybridized carbons (Fsp3) is 0.400. The van der Waals surface area contributed by atoms with Crippen LogP contribution in [-0.4, -0.2) is 28.5 Å². The molecule has 0 saturated heterocycles. The predicted octanol–water partition coefficient (Wildman–Crippen LogP) is 1.65. The third-order valence-corrected chi connectivity index (χ3v) is 1.93. The number of rotatable bonds is 4. The summed E-state index contributed by atoms with van der Waals surface area (Å²) < 4.78 is 0. The molecular formula is C10H15NO2. The average Bonchev–Trinajstić information content (AvgIpc) is 2.14. The van der Waals surface area contributed by atoms with Crippen LogP contribution in [0.3, 0.4) is 0 Å². The Morgan fingerprint density at radius 3 is 2.77 bits per heavy atom. The number of likely N-dealkylation sites (N-methyl/N-ethyl adjacent to an activating group) is 1. The molecule has 1 aromatic carbocycles. The second-order valence-electron chi connectivity index (χ2n) is 2.97. The maximum Gasteiger partial charge on any atom is 0.115 e. The Balaban J connectivity index is 2.45. The average molecular weight is 181 g/mol. The summed E-state index contributed by atoms with van der Waals surface area (Å²) in [5, 5.41) is 19.6. The molecule has 0 bridgehead atoms. The highest BCUT2D eigenvalue weighted by Crippen LogP contribution is 2.11. The van der Waals surface area contributed by atoms with Crippen molar-refractivity contribution in [1.82, 2.24) is 5.06 Å². The van der Waals surface area contributed by atoms with Gasteiger partial charge in [0.1, 0.15) is 5.75 Å². The summed E-state index contributed by atoms with van der Waals surface area (Å²) in [6.45, 7) is 3.11. The van der Waals surface area contributed by atoms with Crippen molar-refractivity contribution in [2.45, 2.75) is 13.3 Å². The summed E-state index contributed by atoms with van der Waals surface area (Å²) in [5.74, 6) is 0.276. The number of phenolic OH excluding ortho intramolecular Hbond substituents is 1. The van der Waals surface area contributed by atoms with Crippen LogP contribution in [0, 0.1) is 0 Å². The van der Waals surface area contributed by atoms with Crippen LogP contribution in [0.15, 0.2) is 24.3 Å². The monoisotopic (exact) mass is 181 g/mol. The van der Waals surface area contributed by atoms with Gasteiger partial charge in [0, 0.05) is 13.1 Å². The van der Waals surface area contributed by atoms with Crippen molar-refractivity contribution < 1.29 is 10.3 Å². The van der Waals surface area contributed by atoms with Crippen LogP contribution >= 0.6 is 0 Å². The number of nitrogens with zero attached hydrogens (tertiary/aromatic N) is 1. The summed E-state index contributed by atoms with van der Waals surface area (Å²) >= 11 is 0. The minimum atomic E-state index is 0.276. The van der Waals surface area contributed by atoms with Crippen LogP contribution in [0.5, 0.6) is 5.75 Å². The van der Waals surface area contributed by atoms with Crippen LogP contribution in [0.2, 0.25) is 0 Å². The van der Waals surface area contributed by atoms with E-state index in [0.29, 0.717) is 13.1 Å². The van der Waals surface area contributed by atoms with Gasteiger partial charge >= 0.3 is 0 Å². The number of aromatic hydroxyl groups is 1. The molecule has 0 radical (unpaired) electrons. The van der Waals surface area contributed by atoms with Gasteiger partial charge in [0.2, 0.25) is 0 Å². The molecule has 0 aliphatic carbocycles. The third-order valence-electron chi connectivity index (χ3n) is 1.93. The zero-order chi connectivity index (χ0) is 9.68. The molecule has 0 aliphatic rings. The molecule has 13 heavy (non-hydrogen) atoms. The van der Waals surface area contributed by atoms with E-state index in [1.54, 1.807) is 18.2 Å². The molecule has 0 spiro atoms. The Labute approximate surface area is 78.2 Å². The first-order valence-corrected chi connectivity index (χ1v) is 4.44. The summed E-state index contributed by atoms with van der Waals surface area (Å²) in [5.41, 5.74) is 1.03. The van der Waals surface area contributed by atoms with Crippen LogP contribution in [0.25, 0.3) is 0 Å². The topological polar surface area (TPSA) is 43.7 Å². The van der Waals surface area contributed by atoms with Gasteiger partial charge in [0.05, 0.1) is 0 Å². The van der Waals surface area contributed by atoms with Gasteiger partial charge in [-0.25, -0.2) is 0 Å². The van der Waals surface area contributed by atoms with E-state index in [0.717, 1.165) is 12.0 Å². The van der Waals surface area contributed by atoms with Crippen molar-refractivity contribution in [1.29, 1.82) is 0 Å². The Bertz CT molecular complexity index is 263. The van der Waals surface area contributed by atoms with Crippen molar-refractivity contribution in [2.75, 3.05) is 13.1 Å². The van der Waals surface area contributed by atoms with Crippen molar-refractivity contribution >= 4 is 0 Å². The van der Waals surface area contributed by atoms with E-state index in [2.05, 4.69) is 0 Å². The number of phenols is 1. The van der Waals surface area contributed by atoms with E-state index < -0.39 is 0 Å². The summed E-state index contributed by atoms with van der Waals surface area (Å²) in [6, 6.07) is 7.09. The molecular weight excluding hydrogens is 166 g/mol. The molecule has 0 fully saturated rings. The van der Waals surface area contributed by atoms with E-state index in [1.807, 2.05) is 13.0 Å². The van der Waals surface area contributed by atoms with Crippen molar-refractivity contribution in [3.8, 4) is 5.75 Å². The first-order chi connectivity index (χ1) is 6.22. The Hall–Kier alpha value is -1.06. The van der Waals surface area contributed by atoms with Crippen LogP contribution in [0.1, 0.15) is 12.5 Å². The lowest BCUT2D eigenvalue weighted by Crippen LogP contribution is -2.21. The highest BCUT2D eigenvalue weighted by Gasteiger charge is 1.98. The smallest absolute Gasteiger partial charge is 0.115 e. The normalized spacial score (nSPS) is 10.7. The van der Waals surface area contributed by atoms with Gasteiger partial charge < -0.3 is 10.3 Å². The molecule has 2 N–H and O–H groups in total. The van der Waals surface area contributed by atoms with E-state index >= 15 is 0 Å². The molecule has 72 valence electrons. The van der Waals surface area contributed by atoms with Crippen molar-refractivity contribution in [3.05, 3.63) is 29.8 Å². The molecule has 3 nitrogen and oxygen atoms in total. The van der Waals surface area contributed by atoms with Gasteiger partial charge in [0.15, 0.2) is 0 Å². The minimum Gasteiger partial charge on any atom is -0.508 e. The highest BCUT2D eigenvalue weighted by atomic mass is 16.5. The Morgan fingerprint density at radius 1 is 1.38 bits per heavy atom. The van der Waals surface area contributed by atoms with Gasteiger partial charge in [-0.15, -0.1) is 0 Å². The fourth-order valence-electron chi connectivity index (χ4n) is 1.13. The van der Waals surface area contributed by atoms with E-state index in [4.69, 9.17) is 10.3 Å². The van der Waals surface area contributed by atoms with E-state index in [1.165, 1.54) is 5.06 Å². The lowest BCUT2D eigenvalue weighted by molar-refractivity contribution is -0.0849. The second kappa shape index (κ2) is 4.84. The zero-order valence-electron chi connectivity index (χ0n) is 7.77. The highest BCUT2D eigenvalue weighted by molar-refractivity contribution is 5.27. The summed E-state index contributed by atoms with van der Waals surface area (Å²) in [4.78, 5) is 0. The number of hydrogen-bond donors (Lipinski definition) is 2. The molecule has 0 unspecified atom stereocenters. The molecule has 0 amide bonds. The van der Waals surface area contributed by atoms with Crippen LogP contribution in [-0.2, 0) is 6.42 Å². The second-order valence-corrected chi connectivity index (χ2v) is 2.97. The number of hydrogen-bond acceptors (Lipinski definition) is 3. The first kappa shape index (κ1) is 10.0. The SMILES string of the molecule is CCN(O)CCc1cccc(O)c1. The predicted molar refractivity (Wildman–Crippen MR) is 50.8 cm³/mol. The van der Waals surface area contributed by atoms with E-state index in [-0.39, 0.29) is 5.75 Å². The minimum absolute atomic E-state index is 0.276. The summed E-state index contributed by atoms with van der Waals surface area (Å²) in [6.07, 6.45) is 0.749. The van der Waals surface area contributed by atoms with Gasteiger partial charge in [-0.1, -0.05) is 19.1 Å². The van der Waals surface area contributed by atoms with Crippen LogP contribution < -0.4 is 0 Å². The molecule has 0 aromatic heterocycles. The molecule has 3 heteroatoms. The summed E-state index contributed by atoms with van der Waals surface area (Å²) in [7, 11) is 0. The molecule has 0 heterocycles. The van der Waals surface area contributed by atoms with E-state index in [9.17, 15) is 0 Å². The third kappa shape index (κ3) is 3.44. The lowest BCUT2D eigenvalue weighted by atomic mass is 10.1. The fourth-order valence-corrected chi connectivity index (χ4v) is 1.13. The van der Waals surface area contributed by atoms with Crippen molar-refractivity contribution in [2.24, 2.45) is 0 Å². The number of benzene rings is 1. The Kier molecular flexibility index (Phi) is 3.73. The molecule has 1 aromatic rings. The maximum absolute atomic E-state index is 9.16. The van der Waals surface area contributed by atoms with Gasteiger partial charge in [-0.2, -0.15) is 5.06 Å². The van der Waals surface area contributed by atoms with Gasteiger partial charge in [-0.3, -0.25) is 0 Å². The zero-order valence-corrected chi connectivity index (χ0v) is 7.77. The molecule has 0 saturated carbocycles. The maximum atomic E-state index is 9.16. The Morgan fingerprint density at radius 2 is 2.15 bits per heavy atom. The van der Waals surface area contributed by atoms with Gasteiger partial charge in [0.25, 0.3) is 0 Å².